The number of carbonyl (C=O) groups excluding carboxylic acids is 1. The van der Waals surface area contributed by atoms with Crippen molar-refractivity contribution >= 4 is 35.8 Å². The first-order chi connectivity index (χ1) is 12.2. The number of aryl methyl sites for hydroxylation is 1. The fraction of sp³-hybridized carbons (Fsp3) is 0.579. The minimum absolute atomic E-state index is 0. The Balaban J connectivity index is 0.00000338. The van der Waals surface area contributed by atoms with Gasteiger partial charge in [-0.2, -0.15) is 0 Å². The lowest BCUT2D eigenvalue weighted by Gasteiger charge is -2.27. The summed E-state index contributed by atoms with van der Waals surface area (Å²) in [5.41, 5.74) is 2.39. The molecule has 1 aromatic rings. The summed E-state index contributed by atoms with van der Waals surface area (Å²) in [7, 11) is 0. The number of rotatable bonds is 7. The Morgan fingerprint density at radius 1 is 1.19 bits per heavy atom. The molecule has 1 aliphatic heterocycles. The highest BCUT2D eigenvalue weighted by atomic mass is 127. The van der Waals surface area contributed by atoms with Gasteiger partial charge >= 0.3 is 0 Å². The van der Waals surface area contributed by atoms with Gasteiger partial charge in [-0.25, -0.2) is 4.99 Å². The minimum Gasteiger partial charge on any atom is -0.378 e. The van der Waals surface area contributed by atoms with Crippen molar-refractivity contribution in [2.45, 2.75) is 33.2 Å². The number of halogens is 1. The third-order valence-corrected chi connectivity index (χ3v) is 4.13. The molecule has 1 amide bonds. The van der Waals surface area contributed by atoms with Gasteiger partial charge in [0, 0.05) is 19.6 Å². The fourth-order valence-electron chi connectivity index (χ4n) is 2.51. The van der Waals surface area contributed by atoms with Crippen LogP contribution in [-0.2, 0) is 16.1 Å². The second kappa shape index (κ2) is 12.9. The van der Waals surface area contributed by atoms with E-state index in [0.29, 0.717) is 38.8 Å². The van der Waals surface area contributed by atoms with Gasteiger partial charge < -0.3 is 20.3 Å². The molecular formula is C19H31IN4O2. The summed E-state index contributed by atoms with van der Waals surface area (Å²) in [6, 6.07) is 8.34. The first kappa shape index (κ1) is 22.7. The van der Waals surface area contributed by atoms with Crippen LogP contribution < -0.4 is 10.6 Å². The zero-order valence-electron chi connectivity index (χ0n) is 15.8. The van der Waals surface area contributed by atoms with Crippen LogP contribution >= 0.6 is 24.0 Å². The maximum absolute atomic E-state index is 12.3. The lowest BCUT2D eigenvalue weighted by molar-refractivity contribution is -0.134. The summed E-state index contributed by atoms with van der Waals surface area (Å²) in [5.74, 6) is 0.777. The standard InChI is InChI=1S/C19H30N4O2.HI/c1-3-4-9-20-19(21-14-17-7-5-16(2)6-8-17)22-15-18(24)23-10-12-25-13-11-23;/h5-8H,3-4,9-15H2,1-2H3,(H2,20,21,22);1H. The molecule has 0 spiro atoms. The van der Waals surface area contributed by atoms with Crippen LogP contribution in [0.15, 0.2) is 29.3 Å². The van der Waals surface area contributed by atoms with E-state index in [0.717, 1.165) is 24.9 Å². The van der Waals surface area contributed by atoms with Crippen molar-refractivity contribution in [3.8, 4) is 0 Å². The molecule has 0 aromatic heterocycles. The van der Waals surface area contributed by atoms with Crippen molar-refractivity contribution < 1.29 is 9.53 Å². The molecule has 1 aromatic carbocycles. The Kier molecular flexibility index (Phi) is 11.3. The van der Waals surface area contributed by atoms with Crippen molar-refractivity contribution in [2.75, 3.05) is 39.4 Å². The Morgan fingerprint density at radius 3 is 2.54 bits per heavy atom. The predicted molar refractivity (Wildman–Crippen MR) is 116 cm³/mol. The van der Waals surface area contributed by atoms with E-state index in [9.17, 15) is 4.79 Å². The highest BCUT2D eigenvalue weighted by molar-refractivity contribution is 14.0. The maximum atomic E-state index is 12.3. The van der Waals surface area contributed by atoms with Gasteiger partial charge in [-0.3, -0.25) is 4.79 Å². The van der Waals surface area contributed by atoms with Crippen LogP contribution in [0.3, 0.4) is 0 Å². The average Bonchev–Trinajstić information content (AvgIpc) is 2.65. The smallest absolute Gasteiger partial charge is 0.242 e. The Hall–Kier alpha value is -1.35. The summed E-state index contributed by atoms with van der Waals surface area (Å²) >= 11 is 0. The van der Waals surface area contributed by atoms with E-state index >= 15 is 0 Å². The molecule has 0 aliphatic carbocycles. The highest BCUT2D eigenvalue weighted by Gasteiger charge is 2.16. The summed E-state index contributed by atoms with van der Waals surface area (Å²) in [6.07, 6.45) is 2.19. The van der Waals surface area contributed by atoms with Gasteiger partial charge in [0.2, 0.25) is 5.91 Å². The maximum Gasteiger partial charge on any atom is 0.242 e. The molecule has 7 heteroatoms. The number of hydrogen-bond donors (Lipinski definition) is 2. The average molecular weight is 474 g/mol. The number of benzene rings is 1. The molecule has 2 N–H and O–H groups in total. The van der Waals surface area contributed by atoms with Crippen molar-refractivity contribution in [3.05, 3.63) is 35.4 Å². The van der Waals surface area contributed by atoms with E-state index in [1.165, 1.54) is 5.56 Å². The topological polar surface area (TPSA) is 66.0 Å². The van der Waals surface area contributed by atoms with Crippen LogP contribution in [0.1, 0.15) is 30.9 Å². The first-order valence-electron chi connectivity index (χ1n) is 9.12. The summed E-state index contributed by atoms with van der Waals surface area (Å²) in [4.78, 5) is 18.7. The largest absolute Gasteiger partial charge is 0.378 e. The molecule has 0 bridgehead atoms. The molecule has 0 radical (unpaired) electrons. The molecule has 26 heavy (non-hydrogen) atoms. The molecule has 2 rings (SSSR count). The molecule has 0 saturated carbocycles. The second-order valence-corrected chi connectivity index (χ2v) is 6.28. The second-order valence-electron chi connectivity index (χ2n) is 6.28. The van der Waals surface area contributed by atoms with E-state index in [1.54, 1.807) is 0 Å². The van der Waals surface area contributed by atoms with Gasteiger partial charge in [0.1, 0.15) is 0 Å². The van der Waals surface area contributed by atoms with Crippen LogP contribution in [0.4, 0.5) is 0 Å². The number of aliphatic imine (C=N–C) groups is 1. The SMILES string of the molecule is CCCCNC(=NCc1ccc(C)cc1)NCC(=O)N1CCOCC1.I. The number of ether oxygens (including phenoxy) is 1. The number of unbranched alkanes of at least 4 members (excludes halogenated alkanes) is 1. The van der Waals surface area contributed by atoms with Gasteiger partial charge in [0.05, 0.1) is 26.3 Å². The third kappa shape index (κ3) is 8.35. The zero-order valence-corrected chi connectivity index (χ0v) is 18.1. The molecule has 6 nitrogen and oxygen atoms in total. The lowest BCUT2D eigenvalue weighted by atomic mass is 10.1. The van der Waals surface area contributed by atoms with Crippen molar-refractivity contribution in [3.63, 3.8) is 0 Å². The van der Waals surface area contributed by atoms with E-state index in [4.69, 9.17) is 4.74 Å². The quantitative estimate of drug-likeness (QED) is 0.276. The number of guanidine groups is 1. The Morgan fingerprint density at radius 2 is 1.88 bits per heavy atom. The predicted octanol–water partition coefficient (Wildman–Crippen LogP) is 2.31. The molecule has 0 atom stereocenters. The normalized spacial score (nSPS) is 14.5. The Bertz CT molecular complexity index is 557. The number of hydrogen-bond acceptors (Lipinski definition) is 3. The first-order valence-corrected chi connectivity index (χ1v) is 9.12. The van der Waals surface area contributed by atoms with Crippen molar-refractivity contribution in [1.29, 1.82) is 0 Å². The summed E-state index contributed by atoms with van der Waals surface area (Å²) in [5, 5.41) is 6.47. The molecule has 0 unspecified atom stereocenters. The van der Waals surface area contributed by atoms with Crippen LogP contribution in [0.5, 0.6) is 0 Å². The van der Waals surface area contributed by atoms with Gasteiger partial charge in [-0.15, -0.1) is 24.0 Å². The van der Waals surface area contributed by atoms with Crippen LogP contribution in [0, 0.1) is 6.92 Å². The fourth-order valence-corrected chi connectivity index (χ4v) is 2.51. The molecule has 146 valence electrons. The monoisotopic (exact) mass is 474 g/mol. The molecule has 1 fully saturated rings. The van der Waals surface area contributed by atoms with E-state index in [1.807, 2.05) is 4.90 Å². The van der Waals surface area contributed by atoms with Gasteiger partial charge in [-0.1, -0.05) is 43.2 Å². The van der Waals surface area contributed by atoms with Crippen LogP contribution in [0.25, 0.3) is 0 Å². The van der Waals surface area contributed by atoms with Crippen LogP contribution in [0.2, 0.25) is 0 Å². The van der Waals surface area contributed by atoms with E-state index < -0.39 is 0 Å². The lowest BCUT2D eigenvalue weighted by Crippen LogP contribution is -2.48. The Labute approximate surface area is 173 Å². The number of morpholine rings is 1. The van der Waals surface area contributed by atoms with Gasteiger partial charge in [-0.05, 0) is 18.9 Å². The summed E-state index contributed by atoms with van der Waals surface area (Å²) in [6.45, 7) is 8.49. The zero-order chi connectivity index (χ0) is 17.9. The number of carbonyl (C=O) groups is 1. The molecule has 1 heterocycles. The van der Waals surface area contributed by atoms with E-state index in [-0.39, 0.29) is 36.4 Å². The van der Waals surface area contributed by atoms with E-state index in [2.05, 4.69) is 53.7 Å². The number of nitrogens with zero attached hydrogens (tertiary/aromatic N) is 2. The molecule has 1 saturated heterocycles. The third-order valence-electron chi connectivity index (χ3n) is 4.13. The highest BCUT2D eigenvalue weighted by Crippen LogP contribution is 2.04. The summed E-state index contributed by atoms with van der Waals surface area (Å²) < 4.78 is 5.29. The van der Waals surface area contributed by atoms with Crippen molar-refractivity contribution in [1.82, 2.24) is 15.5 Å². The number of nitrogens with one attached hydrogen (secondary N) is 2. The molecule has 1 aliphatic rings. The van der Waals surface area contributed by atoms with Crippen LogP contribution in [-0.4, -0.2) is 56.2 Å². The van der Waals surface area contributed by atoms with Crippen molar-refractivity contribution in [2.24, 2.45) is 4.99 Å². The van der Waals surface area contributed by atoms with Gasteiger partial charge in [0.25, 0.3) is 0 Å². The number of amides is 1. The molecular weight excluding hydrogens is 443 g/mol. The van der Waals surface area contributed by atoms with Gasteiger partial charge in [0.15, 0.2) is 5.96 Å². The minimum atomic E-state index is 0.